The van der Waals surface area contributed by atoms with Crippen molar-refractivity contribution in [3.8, 4) is 29.0 Å². The van der Waals surface area contributed by atoms with E-state index >= 15 is 0 Å². The highest BCUT2D eigenvalue weighted by Crippen LogP contribution is 2.38. The normalized spacial score (nSPS) is 11.3. The van der Waals surface area contributed by atoms with E-state index in [0.717, 1.165) is 38.2 Å². The van der Waals surface area contributed by atoms with E-state index in [0.29, 0.717) is 16.7 Å². The molecule has 0 aliphatic carbocycles. The highest BCUT2D eigenvalue weighted by Gasteiger charge is 2.42. The highest BCUT2D eigenvalue weighted by molar-refractivity contribution is 7.19. The molecule has 0 bridgehead atoms. The Kier molecular flexibility index (Phi) is 7.27. The molecule has 0 saturated carbocycles. The third-order valence-corrected chi connectivity index (χ3v) is 14.2. The summed E-state index contributed by atoms with van der Waals surface area (Å²) in [7, 11) is -2.97. The van der Waals surface area contributed by atoms with E-state index in [-0.39, 0.29) is 0 Å². The van der Waals surface area contributed by atoms with Crippen molar-refractivity contribution in [3.63, 3.8) is 0 Å². The quantitative estimate of drug-likeness (QED) is 0.141. The molecule has 8 aromatic rings. The fourth-order valence-electron chi connectivity index (χ4n) is 7.45. The Morgan fingerprint density at radius 1 is 0.417 bits per heavy atom. The van der Waals surface area contributed by atoms with Crippen molar-refractivity contribution >= 4 is 50.6 Å². The molecule has 0 spiro atoms. The Bertz CT molecular complexity index is 2340. The summed E-state index contributed by atoms with van der Waals surface area (Å²) in [6.07, 6.45) is 0. The minimum absolute atomic E-state index is 0.483. The van der Waals surface area contributed by atoms with Gasteiger partial charge in [-0.3, -0.25) is 0 Å². The summed E-state index contributed by atoms with van der Waals surface area (Å²) in [6.45, 7) is 0. The van der Waals surface area contributed by atoms with Gasteiger partial charge in [0.2, 0.25) is 0 Å². The fraction of sp³-hybridized carbons (Fsp3) is 0. The zero-order chi connectivity index (χ0) is 32.5. The lowest BCUT2D eigenvalue weighted by Gasteiger charge is -2.35. The number of hydrogen-bond donors (Lipinski definition) is 0. The van der Waals surface area contributed by atoms with Gasteiger partial charge in [0.1, 0.15) is 0 Å². The molecular formula is C44H29N3Si. The second kappa shape index (κ2) is 12.0. The van der Waals surface area contributed by atoms with E-state index in [9.17, 15) is 10.5 Å². The number of hydrogen-bond acceptors (Lipinski definition) is 2. The standard InChI is InChI=1S/C44H29N3Si/c45-30-32-28-37(48(34-16-4-1-5-17-34,35-18-6-2-7-19-35)36-20-8-3-9-21-36)29-33(31-46)44(32)40-24-12-15-27-43(40)47-41-25-13-10-22-38(41)39-23-11-14-26-42(39)47/h1-29H. The van der Waals surface area contributed by atoms with Crippen LogP contribution in [0, 0.1) is 22.7 Å². The van der Waals surface area contributed by atoms with Crippen LogP contribution in [0.5, 0.6) is 0 Å². The van der Waals surface area contributed by atoms with Crippen LogP contribution in [0.1, 0.15) is 11.1 Å². The molecule has 1 heterocycles. The monoisotopic (exact) mass is 627 g/mol. The van der Waals surface area contributed by atoms with Crippen molar-refractivity contribution in [2.24, 2.45) is 0 Å². The minimum atomic E-state index is -2.97. The van der Waals surface area contributed by atoms with Gasteiger partial charge in [0.15, 0.2) is 8.07 Å². The van der Waals surface area contributed by atoms with Crippen LogP contribution in [0.3, 0.4) is 0 Å². The predicted octanol–water partition coefficient (Wildman–Crippen LogP) is 7.57. The molecule has 4 heteroatoms. The van der Waals surface area contributed by atoms with Gasteiger partial charge in [0, 0.05) is 21.9 Å². The molecule has 0 amide bonds. The van der Waals surface area contributed by atoms with Gasteiger partial charge in [-0.2, -0.15) is 10.5 Å². The van der Waals surface area contributed by atoms with Crippen molar-refractivity contribution in [1.29, 1.82) is 10.5 Å². The van der Waals surface area contributed by atoms with Gasteiger partial charge in [-0.05, 0) is 51.1 Å². The summed E-state index contributed by atoms with van der Waals surface area (Å²) in [5.74, 6) is 0. The van der Waals surface area contributed by atoms with Crippen LogP contribution in [0.4, 0.5) is 0 Å². The first-order valence-electron chi connectivity index (χ1n) is 16.0. The van der Waals surface area contributed by atoms with Gasteiger partial charge in [-0.1, -0.05) is 146 Å². The topological polar surface area (TPSA) is 52.5 Å². The molecule has 0 fully saturated rings. The van der Waals surface area contributed by atoms with Gasteiger partial charge < -0.3 is 4.57 Å². The fourth-order valence-corrected chi connectivity index (χ4v) is 12.3. The van der Waals surface area contributed by atoms with E-state index < -0.39 is 8.07 Å². The molecular weight excluding hydrogens is 599 g/mol. The van der Waals surface area contributed by atoms with E-state index in [1.165, 1.54) is 15.6 Å². The van der Waals surface area contributed by atoms with Crippen LogP contribution in [-0.4, -0.2) is 12.6 Å². The predicted molar refractivity (Wildman–Crippen MR) is 199 cm³/mol. The second-order valence-corrected chi connectivity index (χ2v) is 15.7. The van der Waals surface area contributed by atoms with E-state index in [1.54, 1.807) is 0 Å². The van der Waals surface area contributed by atoms with Gasteiger partial charge >= 0.3 is 0 Å². The van der Waals surface area contributed by atoms with Crippen LogP contribution < -0.4 is 20.7 Å². The average molecular weight is 628 g/mol. The molecule has 0 N–H and O–H groups in total. The van der Waals surface area contributed by atoms with Crippen LogP contribution in [0.15, 0.2) is 176 Å². The molecule has 8 rings (SSSR count). The van der Waals surface area contributed by atoms with Crippen LogP contribution in [-0.2, 0) is 0 Å². The minimum Gasteiger partial charge on any atom is -0.309 e. The van der Waals surface area contributed by atoms with Gasteiger partial charge in [-0.25, -0.2) is 0 Å². The van der Waals surface area contributed by atoms with Gasteiger partial charge in [0.05, 0.1) is 40.0 Å². The van der Waals surface area contributed by atoms with Crippen LogP contribution in [0.25, 0.3) is 38.6 Å². The lowest BCUT2D eigenvalue weighted by atomic mass is 9.94. The third kappa shape index (κ3) is 4.48. The Balaban J connectivity index is 1.45. The van der Waals surface area contributed by atoms with Crippen molar-refractivity contribution in [2.45, 2.75) is 0 Å². The zero-order valence-corrected chi connectivity index (χ0v) is 27.1. The van der Waals surface area contributed by atoms with E-state index in [4.69, 9.17) is 0 Å². The van der Waals surface area contributed by atoms with Crippen LogP contribution >= 0.6 is 0 Å². The third-order valence-electron chi connectivity index (χ3n) is 9.43. The summed E-state index contributed by atoms with van der Waals surface area (Å²) < 4.78 is 2.26. The largest absolute Gasteiger partial charge is 0.309 e. The first kappa shape index (κ1) is 29.0. The Hall–Kier alpha value is -6.46. The van der Waals surface area contributed by atoms with E-state index in [1.807, 2.05) is 36.4 Å². The van der Waals surface area contributed by atoms with Crippen molar-refractivity contribution in [2.75, 3.05) is 0 Å². The molecule has 0 unspecified atom stereocenters. The molecule has 0 aliphatic rings. The number of benzene rings is 7. The SMILES string of the molecule is N#Cc1cc([Si](c2ccccc2)(c2ccccc2)c2ccccc2)cc(C#N)c1-c1ccccc1-n1c2ccccc2c2ccccc21. The lowest BCUT2D eigenvalue weighted by molar-refractivity contribution is 1.18. The molecule has 0 atom stereocenters. The van der Waals surface area contributed by atoms with Gasteiger partial charge in [-0.15, -0.1) is 0 Å². The summed E-state index contributed by atoms with van der Waals surface area (Å²) in [5, 5.41) is 28.7. The molecule has 7 aromatic carbocycles. The molecule has 0 radical (unpaired) electrons. The Morgan fingerprint density at radius 2 is 0.812 bits per heavy atom. The molecule has 0 saturated heterocycles. The van der Waals surface area contributed by atoms with Crippen molar-refractivity contribution in [1.82, 2.24) is 4.57 Å². The maximum Gasteiger partial charge on any atom is 0.179 e. The molecule has 3 nitrogen and oxygen atoms in total. The smallest absolute Gasteiger partial charge is 0.179 e. The maximum atomic E-state index is 10.9. The highest BCUT2D eigenvalue weighted by atomic mass is 28.3. The molecule has 0 aliphatic heterocycles. The van der Waals surface area contributed by atoms with Crippen LogP contribution in [0.2, 0.25) is 0 Å². The van der Waals surface area contributed by atoms with Gasteiger partial charge in [0.25, 0.3) is 0 Å². The summed E-state index contributed by atoms with van der Waals surface area (Å²) in [6, 6.07) is 65.8. The van der Waals surface area contributed by atoms with Crippen molar-refractivity contribution < 1.29 is 0 Å². The van der Waals surface area contributed by atoms with E-state index in [2.05, 4.69) is 156 Å². The maximum absolute atomic E-state index is 10.9. The summed E-state index contributed by atoms with van der Waals surface area (Å²) in [5.41, 5.74) is 5.53. The number of para-hydroxylation sites is 3. The molecule has 1 aromatic heterocycles. The first-order valence-corrected chi connectivity index (χ1v) is 18.0. The summed E-state index contributed by atoms with van der Waals surface area (Å²) >= 11 is 0. The lowest BCUT2D eigenvalue weighted by Crippen LogP contribution is -2.74. The first-order chi connectivity index (χ1) is 23.8. The Morgan fingerprint density at radius 3 is 1.27 bits per heavy atom. The number of fused-ring (bicyclic) bond motifs is 3. The number of aromatic nitrogens is 1. The Labute approximate surface area is 280 Å². The van der Waals surface area contributed by atoms with Crippen molar-refractivity contribution in [3.05, 3.63) is 187 Å². The number of nitrogens with zero attached hydrogens (tertiary/aromatic N) is 3. The second-order valence-electron chi connectivity index (χ2n) is 11.9. The zero-order valence-electron chi connectivity index (χ0n) is 26.1. The number of rotatable bonds is 6. The number of nitriles is 2. The average Bonchev–Trinajstić information content (AvgIpc) is 3.50. The molecule has 48 heavy (non-hydrogen) atoms. The summed E-state index contributed by atoms with van der Waals surface area (Å²) in [4.78, 5) is 0. The molecule has 224 valence electrons.